The van der Waals surface area contributed by atoms with Gasteiger partial charge in [0.25, 0.3) is 0 Å². The van der Waals surface area contributed by atoms with E-state index in [4.69, 9.17) is 10.5 Å². The lowest BCUT2D eigenvalue weighted by Gasteiger charge is -2.19. The summed E-state index contributed by atoms with van der Waals surface area (Å²) in [6.45, 7) is 0. The van der Waals surface area contributed by atoms with Gasteiger partial charge in [-0.15, -0.1) is 0 Å². The molecule has 2 rings (SSSR count). The van der Waals surface area contributed by atoms with E-state index in [1.54, 1.807) is 12.1 Å². The highest BCUT2D eigenvalue weighted by molar-refractivity contribution is 5.87. The van der Waals surface area contributed by atoms with E-state index in [1.165, 1.54) is 19.2 Å². The van der Waals surface area contributed by atoms with Crippen molar-refractivity contribution >= 4 is 11.9 Å². The lowest BCUT2D eigenvalue weighted by molar-refractivity contribution is -0.145. The molecule has 0 saturated carbocycles. The van der Waals surface area contributed by atoms with Gasteiger partial charge < -0.3 is 20.9 Å². The van der Waals surface area contributed by atoms with Crippen LogP contribution < -0.4 is 11.1 Å². The van der Waals surface area contributed by atoms with Crippen molar-refractivity contribution in [3.63, 3.8) is 0 Å². The molecule has 0 fully saturated rings. The quantitative estimate of drug-likeness (QED) is 0.656. The summed E-state index contributed by atoms with van der Waals surface area (Å²) in [7, 11) is 1.28. The fraction of sp³-hybridized carbons (Fsp3) is 0.263. The number of ether oxygens (including phenoxy) is 1. The van der Waals surface area contributed by atoms with Crippen molar-refractivity contribution in [2.45, 2.75) is 24.9 Å². The van der Waals surface area contributed by atoms with Gasteiger partial charge in [-0.3, -0.25) is 4.79 Å². The molecule has 0 radical (unpaired) electrons. The minimum absolute atomic E-state index is 0.149. The van der Waals surface area contributed by atoms with Crippen molar-refractivity contribution in [1.82, 2.24) is 5.32 Å². The smallest absolute Gasteiger partial charge is 0.328 e. The predicted molar refractivity (Wildman–Crippen MR) is 93.9 cm³/mol. The molecule has 6 nitrogen and oxygen atoms in total. The zero-order chi connectivity index (χ0) is 18.2. The van der Waals surface area contributed by atoms with Crippen molar-refractivity contribution < 1.29 is 19.4 Å². The molecule has 0 aliphatic carbocycles. The molecule has 6 heteroatoms. The van der Waals surface area contributed by atoms with Crippen LogP contribution in [-0.2, 0) is 27.2 Å². The third-order valence-corrected chi connectivity index (χ3v) is 3.81. The lowest BCUT2D eigenvalue weighted by Crippen LogP contribution is -2.50. The van der Waals surface area contributed by atoms with Crippen molar-refractivity contribution in [1.29, 1.82) is 0 Å². The summed E-state index contributed by atoms with van der Waals surface area (Å²) in [5.74, 6) is -0.802. The van der Waals surface area contributed by atoms with E-state index in [9.17, 15) is 14.7 Å². The first-order chi connectivity index (χ1) is 12.0. The first kappa shape index (κ1) is 18.5. The molecule has 0 bridgehead atoms. The van der Waals surface area contributed by atoms with Gasteiger partial charge in [-0.25, -0.2) is 4.79 Å². The molecule has 0 heterocycles. The van der Waals surface area contributed by atoms with Crippen LogP contribution in [0.5, 0.6) is 5.75 Å². The Morgan fingerprint density at radius 1 is 1.04 bits per heavy atom. The topological polar surface area (TPSA) is 102 Å². The Balaban J connectivity index is 2.00. The number of nitrogens with one attached hydrogen (secondary N) is 1. The van der Waals surface area contributed by atoms with Gasteiger partial charge in [-0.1, -0.05) is 42.5 Å². The molecule has 0 aromatic heterocycles. The van der Waals surface area contributed by atoms with E-state index in [-0.39, 0.29) is 5.75 Å². The number of phenols is 1. The normalized spacial score (nSPS) is 12.9. The van der Waals surface area contributed by atoms with Gasteiger partial charge >= 0.3 is 5.97 Å². The van der Waals surface area contributed by atoms with Gasteiger partial charge in [0.2, 0.25) is 5.91 Å². The number of hydrogen-bond acceptors (Lipinski definition) is 5. The van der Waals surface area contributed by atoms with E-state index >= 15 is 0 Å². The number of amides is 1. The number of hydrogen-bond donors (Lipinski definition) is 3. The van der Waals surface area contributed by atoms with Crippen LogP contribution in [0.3, 0.4) is 0 Å². The highest BCUT2D eigenvalue weighted by Crippen LogP contribution is 2.11. The van der Waals surface area contributed by atoms with E-state index in [1.807, 2.05) is 30.3 Å². The summed E-state index contributed by atoms with van der Waals surface area (Å²) < 4.78 is 4.77. The minimum Gasteiger partial charge on any atom is -0.508 e. The van der Waals surface area contributed by atoms with E-state index in [0.717, 1.165) is 11.1 Å². The second-order valence-electron chi connectivity index (χ2n) is 5.75. The number of nitrogens with two attached hydrogens (primary N) is 1. The molecule has 0 unspecified atom stereocenters. The van der Waals surface area contributed by atoms with Gasteiger partial charge in [0, 0.05) is 6.42 Å². The number of carbonyl (C=O) groups excluding carboxylic acids is 2. The van der Waals surface area contributed by atoms with Crippen LogP contribution in [0.2, 0.25) is 0 Å². The maximum Gasteiger partial charge on any atom is 0.328 e. The Kier molecular flexibility index (Phi) is 6.54. The van der Waals surface area contributed by atoms with Gasteiger partial charge in [0.05, 0.1) is 13.2 Å². The first-order valence-corrected chi connectivity index (χ1v) is 7.95. The molecular weight excluding hydrogens is 320 g/mol. The van der Waals surface area contributed by atoms with Crippen LogP contribution >= 0.6 is 0 Å². The fourth-order valence-corrected chi connectivity index (χ4v) is 2.44. The summed E-state index contributed by atoms with van der Waals surface area (Å²) in [4.78, 5) is 24.3. The summed E-state index contributed by atoms with van der Waals surface area (Å²) in [5.41, 5.74) is 7.67. The zero-order valence-electron chi connectivity index (χ0n) is 14.0. The Morgan fingerprint density at radius 3 is 2.24 bits per heavy atom. The Hall–Kier alpha value is -2.86. The zero-order valence-corrected chi connectivity index (χ0v) is 14.0. The predicted octanol–water partition coefficient (Wildman–Crippen LogP) is 1.16. The molecule has 2 aromatic carbocycles. The third kappa shape index (κ3) is 5.61. The number of aromatic hydroxyl groups is 1. The number of esters is 1. The molecule has 4 N–H and O–H groups in total. The molecule has 1 amide bonds. The van der Waals surface area contributed by atoms with Gasteiger partial charge in [0.15, 0.2) is 0 Å². The van der Waals surface area contributed by atoms with Crippen molar-refractivity contribution in [3.8, 4) is 5.75 Å². The molecular formula is C19H22N2O4. The number of rotatable bonds is 7. The molecule has 2 atom stereocenters. The maximum absolute atomic E-state index is 12.3. The van der Waals surface area contributed by atoms with Crippen LogP contribution in [0.4, 0.5) is 0 Å². The molecule has 132 valence electrons. The molecule has 2 aromatic rings. The third-order valence-electron chi connectivity index (χ3n) is 3.81. The largest absolute Gasteiger partial charge is 0.508 e. The maximum atomic E-state index is 12.3. The van der Waals surface area contributed by atoms with Gasteiger partial charge in [0.1, 0.15) is 11.8 Å². The highest BCUT2D eigenvalue weighted by atomic mass is 16.5. The molecule has 0 spiro atoms. The SMILES string of the molecule is COC(=O)[C@H](Cc1ccccc1)NC(=O)[C@@H](N)Cc1ccc(O)cc1. The van der Waals surface area contributed by atoms with Crippen LogP contribution in [-0.4, -0.2) is 36.2 Å². The highest BCUT2D eigenvalue weighted by Gasteiger charge is 2.24. The molecule has 0 aliphatic heterocycles. The second-order valence-corrected chi connectivity index (χ2v) is 5.75. The summed E-state index contributed by atoms with van der Waals surface area (Å²) in [6, 6.07) is 14.2. The van der Waals surface area contributed by atoms with Crippen LogP contribution in [0.25, 0.3) is 0 Å². The van der Waals surface area contributed by atoms with Crippen LogP contribution in [0.15, 0.2) is 54.6 Å². The molecule has 25 heavy (non-hydrogen) atoms. The Morgan fingerprint density at radius 2 is 1.64 bits per heavy atom. The van der Waals surface area contributed by atoms with Crippen molar-refractivity contribution in [3.05, 3.63) is 65.7 Å². The molecule has 0 saturated heterocycles. The lowest BCUT2D eigenvalue weighted by atomic mass is 10.0. The van der Waals surface area contributed by atoms with Crippen LogP contribution in [0.1, 0.15) is 11.1 Å². The summed E-state index contributed by atoms with van der Waals surface area (Å²) in [6.07, 6.45) is 0.622. The number of phenolic OH excluding ortho intramolecular Hbond substituents is 1. The number of benzene rings is 2. The summed E-state index contributed by atoms with van der Waals surface area (Å²) >= 11 is 0. The number of methoxy groups -OCH3 is 1. The van der Waals surface area contributed by atoms with E-state index in [2.05, 4.69) is 5.32 Å². The monoisotopic (exact) mass is 342 g/mol. The number of carbonyl (C=O) groups is 2. The average Bonchev–Trinajstić information content (AvgIpc) is 2.63. The molecule has 0 aliphatic rings. The van der Waals surface area contributed by atoms with Gasteiger partial charge in [-0.05, 0) is 29.7 Å². The minimum atomic E-state index is -0.813. The Bertz CT molecular complexity index is 701. The second kappa shape index (κ2) is 8.84. The fourth-order valence-electron chi connectivity index (χ4n) is 2.44. The standard InChI is InChI=1S/C19H22N2O4/c1-25-19(24)17(12-13-5-3-2-4-6-13)21-18(23)16(20)11-14-7-9-15(22)10-8-14/h2-10,16-17,22H,11-12,20H2,1H3,(H,21,23)/t16-,17-/m0/s1. The van der Waals surface area contributed by atoms with E-state index < -0.39 is 24.0 Å². The van der Waals surface area contributed by atoms with Crippen molar-refractivity contribution in [2.75, 3.05) is 7.11 Å². The van der Waals surface area contributed by atoms with Gasteiger partial charge in [-0.2, -0.15) is 0 Å². The summed E-state index contributed by atoms with van der Waals surface area (Å²) in [5, 5.41) is 11.9. The Labute approximate surface area is 146 Å². The van der Waals surface area contributed by atoms with Crippen LogP contribution in [0, 0.1) is 0 Å². The van der Waals surface area contributed by atoms with Crippen molar-refractivity contribution in [2.24, 2.45) is 5.73 Å². The van der Waals surface area contributed by atoms with E-state index in [0.29, 0.717) is 12.8 Å². The first-order valence-electron chi connectivity index (χ1n) is 7.95. The average molecular weight is 342 g/mol.